The van der Waals surface area contributed by atoms with E-state index in [9.17, 15) is 4.79 Å². The maximum atomic E-state index is 11.9. The minimum atomic E-state index is -0.205. The zero-order valence-electron chi connectivity index (χ0n) is 10.3. The highest BCUT2D eigenvalue weighted by molar-refractivity contribution is 5.91. The van der Waals surface area contributed by atoms with Crippen LogP contribution in [0.2, 0.25) is 0 Å². The number of para-hydroxylation sites is 1. The zero-order valence-corrected chi connectivity index (χ0v) is 10.3. The molecule has 18 heavy (non-hydrogen) atoms. The van der Waals surface area contributed by atoms with Gasteiger partial charge in [-0.15, -0.1) is 0 Å². The van der Waals surface area contributed by atoms with E-state index in [4.69, 9.17) is 9.47 Å². The maximum absolute atomic E-state index is 11.9. The minimum absolute atomic E-state index is 0.0312. The third-order valence-corrected chi connectivity index (χ3v) is 3.20. The summed E-state index contributed by atoms with van der Waals surface area (Å²) in [6.07, 6.45) is 2.09. The van der Waals surface area contributed by atoms with Crippen LogP contribution in [0.5, 0.6) is 5.75 Å². The molecule has 0 N–H and O–H groups in total. The summed E-state index contributed by atoms with van der Waals surface area (Å²) in [6.45, 7) is 3.00. The number of hydrogen-bond donors (Lipinski definition) is 0. The molecule has 1 amide bonds. The Labute approximate surface area is 106 Å². The van der Waals surface area contributed by atoms with Crippen LogP contribution in [-0.4, -0.2) is 30.2 Å². The molecule has 0 spiro atoms. The van der Waals surface area contributed by atoms with Crippen molar-refractivity contribution in [2.75, 3.05) is 13.2 Å². The molecule has 0 saturated carbocycles. The van der Waals surface area contributed by atoms with E-state index in [1.165, 1.54) is 0 Å². The number of benzene rings is 1. The van der Waals surface area contributed by atoms with Crippen LogP contribution in [0.15, 0.2) is 36.1 Å². The van der Waals surface area contributed by atoms with Gasteiger partial charge in [-0.3, -0.25) is 9.69 Å². The van der Waals surface area contributed by atoms with Gasteiger partial charge >= 0.3 is 0 Å². The number of rotatable bonds is 3. The molecule has 4 heteroatoms. The monoisotopic (exact) mass is 245 g/mol. The molecule has 1 atom stereocenters. The van der Waals surface area contributed by atoms with E-state index in [-0.39, 0.29) is 12.1 Å². The average Bonchev–Trinajstić information content (AvgIpc) is 2.92. The molecule has 4 nitrogen and oxygen atoms in total. The van der Waals surface area contributed by atoms with E-state index in [1.807, 2.05) is 31.2 Å². The number of nitrogens with zero attached hydrogens (tertiary/aromatic N) is 1. The van der Waals surface area contributed by atoms with Crippen LogP contribution in [0, 0.1) is 0 Å². The highest BCUT2D eigenvalue weighted by atomic mass is 16.5. The van der Waals surface area contributed by atoms with Crippen LogP contribution < -0.4 is 4.74 Å². The molecule has 2 heterocycles. The van der Waals surface area contributed by atoms with Crippen molar-refractivity contribution in [2.24, 2.45) is 0 Å². The van der Waals surface area contributed by atoms with Crippen molar-refractivity contribution >= 4 is 5.91 Å². The van der Waals surface area contributed by atoms with Crippen molar-refractivity contribution in [1.82, 2.24) is 4.90 Å². The van der Waals surface area contributed by atoms with Gasteiger partial charge in [-0.05, 0) is 18.6 Å². The molecule has 2 aliphatic rings. The lowest BCUT2D eigenvalue weighted by Gasteiger charge is -2.23. The standard InChI is InChI=1S/C14H15NO3/c1-2-17-11-8-13(16)15(9-11)14-7-10-5-3-4-6-12(10)18-14/h3-6,8,14H,2,7,9H2,1H3. The molecule has 0 radical (unpaired) electrons. The van der Waals surface area contributed by atoms with Crippen molar-refractivity contribution in [3.05, 3.63) is 41.7 Å². The summed E-state index contributed by atoms with van der Waals surface area (Å²) >= 11 is 0. The predicted molar refractivity (Wildman–Crippen MR) is 66.0 cm³/mol. The van der Waals surface area contributed by atoms with Crippen molar-refractivity contribution in [3.63, 3.8) is 0 Å². The van der Waals surface area contributed by atoms with E-state index in [1.54, 1.807) is 11.0 Å². The van der Waals surface area contributed by atoms with Crippen molar-refractivity contribution in [2.45, 2.75) is 19.6 Å². The van der Waals surface area contributed by atoms with Crippen LogP contribution >= 0.6 is 0 Å². The quantitative estimate of drug-likeness (QED) is 0.813. The fourth-order valence-electron chi connectivity index (χ4n) is 2.37. The number of carbonyl (C=O) groups excluding carboxylic acids is 1. The van der Waals surface area contributed by atoms with Gasteiger partial charge in [-0.25, -0.2) is 0 Å². The molecule has 0 aliphatic carbocycles. The second-order valence-corrected chi connectivity index (χ2v) is 4.39. The molecule has 3 rings (SSSR count). The molecule has 0 fully saturated rings. The van der Waals surface area contributed by atoms with Gasteiger partial charge in [0.05, 0.1) is 13.2 Å². The first-order valence-electron chi connectivity index (χ1n) is 6.16. The number of amides is 1. The first kappa shape index (κ1) is 11.1. The maximum Gasteiger partial charge on any atom is 0.253 e. The summed E-state index contributed by atoms with van der Waals surface area (Å²) in [5.41, 5.74) is 1.15. The molecular formula is C14H15NO3. The lowest BCUT2D eigenvalue weighted by atomic mass is 10.1. The van der Waals surface area contributed by atoms with E-state index < -0.39 is 0 Å². The molecule has 1 aromatic carbocycles. The lowest BCUT2D eigenvalue weighted by Crippen LogP contribution is -2.40. The Morgan fingerprint density at radius 3 is 3.06 bits per heavy atom. The van der Waals surface area contributed by atoms with Crippen molar-refractivity contribution in [1.29, 1.82) is 0 Å². The van der Waals surface area contributed by atoms with Crippen molar-refractivity contribution < 1.29 is 14.3 Å². The van der Waals surface area contributed by atoms with Gasteiger partial charge in [-0.1, -0.05) is 18.2 Å². The van der Waals surface area contributed by atoms with E-state index >= 15 is 0 Å². The van der Waals surface area contributed by atoms with Crippen molar-refractivity contribution in [3.8, 4) is 5.75 Å². The van der Waals surface area contributed by atoms with E-state index in [0.717, 1.165) is 23.5 Å². The molecule has 0 aromatic heterocycles. The topological polar surface area (TPSA) is 38.8 Å². The average molecular weight is 245 g/mol. The molecule has 1 unspecified atom stereocenters. The second kappa shape index (κ2) is 4.37. The summed E-state index contributed by atoms with van der Waals surface area (Å²) in [7, 11) is 0. The Kier molecular flexibility index (Phi) is 2.70. The normalized spacial score (nSPS) is 21.6. The fourth-order valence-corrected chi connectivity index (χ4v) is 2.37. The Hall–Kier alpha value is -1.97. The molecule has 0 saturated heterocycles. The Morgan fingerprint density at radius 2 is 2.28 bits per heavy atom. The van der Waals surface area contributed by atoms with Crippen LogP contribution in [0.1, 0.15) is 12.5 Å². The molecule has 2 aliphatic heterocycles. The van der Waals surface area contributed by atoms with Gasteiger partial charge in [0, 0.05) is 12.5 Å². The number of fused-ring (bicyclic) bond motifs is 1. The summed E-state index contributed by atoms with van der Waals surface area (Å²) in [6, 6.07) is 7.90. The largest absolute Gasteiger partial charge is 0.496 e. The summed E-state index contributed by atoms with van der Waals surface area (Å²) < 4.78 is 11.2. The molecule has 1 aromatic rings. The summed E-state index contributed by atoms with van der Waals surface area (Å²) in [4.78, 5) is 13.6. The number of carbonyl (C=O) groups is 1. The molecule has 94 valence electrons. The first-order valence-corrected chi connectivity index (χ1v) is 6.16. The first-order chi connectivity index (χ1) is 8.78. The fraction of sp³-hybridized carbons (Fsp3) is 0.357. The molecular weight excluding hydrogens is 230 g/mol. The summed E-state index contributed by atoms with van der Waals surface area (Å²) in [5.74, 6) is 1.57. The summed E-state index contributed by atoms with van der Waals surface area (Å²) in [5, 5.41) is 0. The SMILES string of the molecule is CCOC1=CC(=O)N(C2Cc3ccccc3O2)C1. The second-order valence-electron chi connectivity index (χ2n) is 4.39. The van der Waals surface area contributed by atoms with Crippen LogP contribution in [0.3, 0.4) is 0 Å². The predicted octanol–water partition coefficient (Wildman–Crippen LogP) is 1.71. The highest BCUT2D eigenvalue weighted by Crippen LogP contribution is 2.31. The Balaban J connectivity index is 1.71. The Morgan fingerprint density at radius 1 is 1.44 bits per heavy atom. The smallest absolute Gasteiger partial charge is 0.253 e. The van der Waals surface area contributed by atoms with Crippen LogP contribution in [-0.2, 0) is 16.0 Å². The number of hydrogen-bond acceptors (Lipinski definition) is 3. The van der Waals surface area contributed by atoms with E-state index in [2.05, 4.69) is 0 Å². The zero-order chi connectivity index (χ0) is 12.5. The third-order valence-electron chi connectivity index (χ3n) is 3.20. The Bertz CT molecular complexity index is 485. The van der Waals surface area contributed by atoms with Crippen LogP contribution in [0.4, 0.5) is 0 Å². The minimum Gasteiger partial charge on any atom is -0.496 e. The molecule has 0 bridgehead atoms. The van der Waals surface area contributed by atoms with Gasteiger partial charge in [0.2, 0.25) is 0 Å². The van der Waals surface area contributed by atoms with Gasteiger partial charge in [0.1, 0.15) is 11.5 Å². The third kappa shape index (κ3) is 1.83. The van der Waals surface area contributed by atoms with E-state index in [0.29, 0.717) is 13.2 Å². The van der Waals surface area contributed by atoms with Gasteiger partial charge in [0.25, 0.3) is 5.91 Å². The highest BCUT2D eigenvalue weighted by Gasteiger charge is 2.34. The van der Waals surface area contributed by atoms with Gasteiger partial charge in [-0.2, -0.15) is 0 Å². The van der Waals surface area contributed by atoms with Crippen LogP contribution in [0.25, 0.3) is 0 Å². The number of ether oxygens (including phenoxy) is 2. The van der Waals surface area contributed by atoms with Gasteiger partial charge in [0.15, 0.2) is 6.23 Å². The lowest BCUT2D eigenvalue weighted by molar-refractivity contribution is -0.131. The van der Waals surface area contributed by atoms with Gasteiger partial charge < -0.3 is 9.47 Å².